The molecule has 2 aromatic rings. The average molecular weight is 226 g/mol. The standard InChI is InChI=1S/C15H18N2/c1-12-6-3-4-9-15(12)17(2)14-8-5-7-13(10-14)11-16/h3-10H,11,16H2,1-2H3. The lowest BCUT2D eigenvalue weighted by Gasteiger charge is -2.22. The molecule has 0 saturated heterocycles. The molecule has 0 fully saturated rings. The van der Waals surface area contributed by atoms with Gasteiger partial charge in [-0.3, -0.25) is 0 Å². The van der Waals surface area contributed by atoms with Crippen LogP contribution in [0.3, 0.4) is 0 Å². The molecular weight excluding hydrogens is 208 g/mol. The van der Waals surface area contributed by atoms with Gasteiger partial charge in [-0.1, -0.05) is 30.3 Å². The monoisotopic (exact) mass is 226 g/mol. The third-order valence-corrected chi connectivity index (χ3v) is 3.01. The summed E-state index contributed by atoms with van der Waals surface area (Å²) in [6, 6.07) is 16.7. The zero-order valence-electron chi connectivity index (χ0n) is 10.4. The molecule has 0 aliphatic rings. The summed E-state index contributed by atoms with van der Waals surface area (Å²) in [5.41, 5.74) is 10.5. The van der Waals surface area contributed by atoms with E-state index in [1.165, 1.54) is 16.9 Å². The molecule has 0 aromatic heterocycles. The number of aryl methyl sites for hydroxylation is 1. The smallest absolute Gasteiger partial charge is 0.0437 e. The molecule has 0 aliphatic heterocycles. The molecular formula is C15H18N2. The van der Waals surface area contributed by atoms with E-state index in [0.717, 1.165) is 5.56 Å². The molecule has 0 saturated carbocycles. The van der Waals surface area contributed by atoms with E-state index >= 15 is 0 Å². The highest BCUT2D eigenvalue weighted by Crippen LogP contribution is 2.26. The van der Waals surface area contributed by atoms with Crippen molar-refractivity contribution in [2.45, 2.75) is 13.5 Å². The van der Waals surface area contributed by atoms with Gasteiger partial charge in [0.25, 0.3) is 0 Å². The van der Waals surface area contributed by atoms with Crippen molar-refractivity contribution < 1.29 is 0 Å². The van der Waals surface area contributed by atoms with Gasteiger partial charge in [0.2, 0.25) is 0 Å². The van der Waals surface area contributed by atoms with Crippen molar-refractivity contribution in [2.75, 3.05) is 11.9 Å². The van der Waals surface area contributed by atoms with Gasteiger partial charge in [0, 0.05) is 25.0 Å². The maximum Gasteiger partial charge on any atom is 0.0437 e. The lowest BCUT2D eigenvalue weighted by atomic mass is 10.1. The number of hydrogen-bond donors (Lipinski definition) is 1. The first-order valence-electron chi connectivity index (χ1n) is 5.80. The molecule has 0 bridgehead atoms. The van der Waals surface area contributed by atoms with Gasteiger partial charge >= 0.3 is 0 Å². The predicted molar refractivity (Wildman–Crippen MR) is 73.6 cm³/mol. The minimum Gasteiger partial charge on any atom is -0.344 e. The topological polar surface area (TPSA) is 29.3 Å². The quantitative estimate of drug-likeness (QED) is 0.870. The fourth-order valence-corrected chi connectivity index (χ4v) is 1.97. The van der Waals surface area contributed by atoms with Gasteiger partial charge in [-0.05, 0) is 36.2 Å². The Labute approximate surface area is 103 Å². The molecule has 2 heteroatoms. The maximum absolute atomic E-state index is 5.67. The van der Waals surface area contributed by atoms with Crippen molar-refractivity contribution >= 4 is 11.4 Å². The van der Waals surface area contributed by atoms with Gasteiger partial charge < -0.3 is 10.6 Å². The van der Waals surface area contributed by atoms with E-state index in [9.17, 15) is 0 Å². The second kappa shape index (κ2) is 5.02. The number of nitrogens with zero attached hydrogens (tertiary/aromatic N) is 1. The lowest BCUT2D eigenvalue weighted by molar-refractivity contribution is 1.06. The average Bonchev–Trinajstić information content (AvgIpc) is 2.38. The van der Waals surface area contributed by atoms with Crippen molar-refractivity contribution in [1.29, 1.82) is 0 Å². The van der Waals surface area contributed by atoms with Gasteiger partial charge in [-0.2, -0.15) is 0 Å². The zero-order valence-corrected chi connectivity index (χ0v) is 10.4. The van der Waals surface area contributed by atoms with E-state index in [0.29, 0.717) is 6.54 Å². The third kappa shape index (κ3) is 2.48. The Hall–Kier alpha value is -1.80. The van der Waals surface area contributed by atoms with Crippen molar-refractivity contribution in [1.82, 2.24) is 0 Å². The Morgan fingerprint density at radius 3 is 2.53 bits per heavy atom. The Balaban J connectivity index is 2.37. The normalized spacial score (nSPS) is 10.3. The number of benzene rings is 2. The Morgan fingerprint density at radius 2 is 1.82 bits per heavy atom. The molecule has 0 unspecified atom stereocenters. The summed E-state index contributed by atoms with van der Waals surface area (Å²) < 4.78 is 0. The Kier molecular flexibility index (Phi) is 3.45. The van der Waals surface area contributed by atoms with Crippen molar-refractivity contribution in [3.8, 4) is 0 Å². The van der Waals surface area contributed by atoms with Crippen LogP contribution < -0.4 is 10.6 Å². The Bertz CT molecular complexity index is 506. The lowest BCUT2D eigenvalue weighted by Crippen LogP contribution is -2.11. The first kappa shape index (κ1) is 11.7. The molecule has 88 valence electrons. The van der Waals surface area contributed by atoms with Crippen molar-refractivity contribution in [2.24, 2.45) is 5.73 Å². The van der Waals surface area contributed by atoms with Crippen LogP contribution in [-0.2, 0) is 6.54 Å². The van der Waals surface area contributed by atoms with Crippen LogP contribution in [0, 0.1) is 6.92 Å². The molecule has 0 atom stereocenters. The molecule has 0 heterocycles. The number of anilines is 2. The second-order valence-electron chi connectivity index (χ2n) is 4.22. The molecule has 17 heavy (non-hydrogen) atoms. The fraction of sp³-hybridized carbons (Fsp3) is 0.200. The number of rotatable bonds is 3. The molecule has 0 spiro atoms. The van der Waals surface area contributed by atoms with Crippen LogP contribution in [0.2, 0.25) is 0 Å². The first-order valence-corrected chi connectivity index (χ1v) is 5.80. The van der Waals surface area contributed by atoms with E-state index in [1.54, 1.807) is 0 Å². The molecule has 2 nitrogen and oxygen atoms in total. The molecule has 0 aliphatic carbocycles. The summed E-state index contributed by atoms with van der Waals surface area (Å²) in [6.45, 7) is 2.70. The highest BCUT2D eigenvalue weighted by Gasteiger charge is 2.06. The summed E-state index contributed by atoms with van der Waals surface area (Å²) in [6.07, 6.45) is 0. The van der Waals surface area contributed by atoms with Crippen LogP contribution in [0.5, 0.6) is 0 Å². The SMILES string of the molecule is Cc1ccccc1N(C)c1cccc(CN)c1. The van der Waals surface area contributed by atoms with Crippen molar-refractivity contribution in [3.63, 3.8) is 0 Å². The van der Waals surface area contributed by atoms with Gasteiger partial charge in [-0.15, -0.1) is 0 Å². The maximum atomic E-state index is 5.67. The summed E-state index contributed by atoms with van der Waals surface area (Å²) in [5, 5.41) is 0. The van der Waals surface area contributed by atoms with E-state index in [4.69, 9.17) is 5.73 Å². The molecule has 2 N–H and O–H groups in total. The minimum absolute atomic E-state index is 0.579. The highest BCUT2D eigenvalue weighted by atomic mass is 15.1. The molecule has 2 rings (SSSR count). The van der Waals surface area contributed by atoms with E-state index in [-0.39, 0.29) is 0 Å². The van der Waals surface area contributed by atoms with Gasteiger partial charge in [0.15, 0.2) is 0 Å². The van der Waals surface area contributed by atoms with Gasteiger partial charge in [0.1, 0.15) is 0 Å². The van der Waals surface area contributed by atoms with Gasteiger partial charge in [-0.25, -0.2) is 0 Å². The fourth-order valence-electron chi connectivity index (χ4n) is 1.97. The van der Waals surface area contributed by atoms with Crippen LogP contribution in [0.25, 0.3) is 0 Å². The first-order chi connectivity index (χ1) is 8.22. The Morgan fingerprint density at radius 1 is 1.06 bits per heavy atom. The highest BCUT2D eigenvalue weighted by molar-refractivity contribution is 5.65. The number of nitrogens with two attached hydrogens (primary N) is 1. The summed E-state index contributed by atoms with van der Waals surface area (Å²) >= 11 is 0. The largest absolute Gasteiger partial charge is 0.344 e. The van der Waals surface area contributed by atoms with Crippen LogP contribution in [-0.4, -0.2) is 7.05 Å². The molecule has 0 radical (unpaired) electrons. The predicted octanol–water partition coefficient (Wildman–Crippen LogP) is 3.22. The van der Waals surface area contributed by atoms with Gasteiger partial charge in [0.05, 0.1) is 0 Å². The number of para-hydroxylation sites is 1. The zero-order chi connectivity index (χ0) is 12.3. The third-order valence-electron chi connectivity index (χ3n) is 3.01. The van der Waals surface area contributed by atoms with Crippen LogP contribution >= 0.6 is 0 Å². The van der Waals surface area contributed by atoms with Crippen LogP contribution in [0.1, 0.15) is 11.1 Å². The second-order valence-corrected chi connectivity index (χ2v) is 4.22. The summed E-state index contributed by atoms with van der Waals surface area (Å²) in [5.74, 6) is 0. The van der Waals surface area contributed by atoms with Crippen LogP contribution in [0.4, 0.5) is 11.4 Å². The van der Waals surface area contributed by atoms with E-state index in [1.807, 2.05) is 6.07 Å². The van der Waals surface area contributed by atoms with E-state index < -0.39 is 0 Å². The minimum atomic E-state index is 0.579. The molecule has 0 amide bonds. The molecule has 2 aromatic carbocycles. The summed E-state index contributed by atoms with van der Waals surface area (Å²) in [7, 11) is 2.08. The summed E-state index contributed by atoms with van der Waals surface area (Å²) in [4.78, 5) is 2.19. The number of hydrogen-bond acceptors (Lipinski definition) is 2. The van der Waals surface area contributed by atoms with Crippen molar-refractivity contribution in [3.05, 3.63) is 59.7 Å². The van der Waals surface area contributed by atoms with Crippen LogP contribution in [0.15, 0.2) is 48.5 Å². The van der Waals surface area contributed by atoms with E-state index in [2.05, 4.69) is 61.3 Å².